The maximum atomic E-state index is 12.7. The van der Waals surface area contributed by atoms with Gasteiger partial charge in [0.25, 0.3) is 0 Å². The van der Waals surface area contributed by atoms with E-state index in [0.29, 0.717) is 11.1 Å². The van der Waals surface area contributed by atoms with Gasteiger partial charge in [-0.2, -0.15) is 0 Å². The lowest BCUT2D eigenvalue weighted by atomic mass is 10.0. The fourth-order valence-corrected chi connectivity index (χ4v) is 3.31. The zero-order chi connectivity index (χ0) is 18.5. The van der Waals surface area contributed by atoms with Crippen LogP contribution in [-0.2, 0) is 0 Å². The maximum Gasteiger partial charge on any atom is 0.193 e. The van der Waals surface area contributed by atoms with E-state index in [0.717, 1.165) is 29.9 Å². The molecule has 0 radical (unpaired) electrons. The van der Waals surface area contributed by atoms with Gasteiger partial charge in [0.15, 0.2) is 5.78 Å². The van der Waals surface area contributed by atoms with E-state index in [2.05, 4.69) is 35.3 Å². The van der Waals surface area contributed by atoms with Crippen LogP contribution in [0.1, 0.15) is 28.8 Å². The van der Waals surface area contributed by atoms with E-state index in [4.69, 9.17) is 0 Å². The highest BCUT2D eigenvalue weighted by Gasteiger charge is 2.15. The number of para-hydroxylation sites is 1. The number of nitrogens with zero attached hydrogens (tertiary/aromatic N) is 1. The zero-order valence-electron chi connectivity index (χ0n) is 15.1. The molecule has 0 saturated carbocycles. The van der Waals surface area contributed by atoms with Crippen LogP contribution < -0.4 is 4.90 Å². The monoisotopic (exact) mass is 351 g/mol. The number of hydrogen-bond acceptors (Lipinski definition) is 2. The van der Waals surface area contributed by atoms with Crippen molar-refractivity contribution in [1.29, 1.82) is 0 Å². The summed E-state index contributed by atoms with van der Waals surface area (Å²) >= 11 is 0. The number of carbonyl (C=O) groups is 1. The molecule has 2 nitrogen and oxygen atoms in total. The van der Waals surface area contributed by atoms with Gasteiger partial charge in [-0.3, -0.25) is 4.79 Å². The van der Waals surface area contributed by atoms with Crippen molar-refractivity contribution in [2.24, 2.45) is 0 Å². The van der Waals surface area contributed by atoms with E-state index in [-0.39, 0.29) is 5.78 Å². The maximum absolute atomic E-state index is 12.7. The fraction of sp³-hybridized carbons (Fsp3) is 0.0800. The Bertz CT molecular complexity index is 970. The smallest absolute Gasteiger partial charge is 0.193 e. The summed E-state index contributed by atoms with van der Waals surface area (Å²) in [6.07, 6.45) is 8.75. The molecule has 1 aliphatic carbocycles. The van der Waals surface area contributed by atoms with Crippen molar-refractivity contribution in [3.63, 3.8) is 0 Å². The van der Waals surface area contributed by atoms with Gasteiger partial charge in [-0.05, 0) is 55.3 Å². The Kier molecular flexibility index (Phi) is 4.97. The van der Waals surface area contributed by atoms with Gasteiger partial charge in [0.05, 0.1) is 0 Å². The molecule has 2 heteroatoms. The van der Waals surface area contributed by atoms with Crippen LogP contribution in [0.5, 0.6) is 0 Å². The Hall–Kier alpha value is -3.39. The minimum Gasteiger partial charge on any atom is -0.311 e. The highest BCUT2D eigenvalue weighted by atomic mass is 16.1. The van der Waals surface area contributed by atoms with Crippen molar-refractivity contribution >= 4 is 17.2 Å². The average Bonchev–Trinajstić information content (AvgIpc) is 2.76. The summed E-state index contributed by atoms with van der Waals surface area (Å²) in [6, 6.07) is 27.6. The molecule has 0 bridgehead atoms. The lowest BCUT2D eigenvalue weighted by Gasteiger charge is -2.27. The molecule has 0 spiro atoms. The summed E-state index contributed by atoms with van der Waals surface area (Å²) in [5.74, 6) is 0.0465. The van der Waals surface area contributed by atoms with Crippen molar-refractivity contribution in [2.45, 2.75) is 12.8 Å². The van der Waals surface area contributed by atoms with Gasteiger partial charge in [0.1, 0.15) is 0 Å². The van der Waals surface area contributed by atoms with Gasteiger partial charge < -0.3 is 4.90 Å². The molecular formula is C25H21NO. The summed E-state index contributed by atoms with van der Waals surface area (Å²) in [5, 5.41) is 0. The third kappa shape index (κ3) is 3.75. The van der Waals surface area contributed by atoms with Crippen LogP contribution in [-0.4, -0.2) is 5.78 Å². The molecular weight excluding hydrogens is 330 g/mol. The molecule has 4 rings (SSSR count). The number of ketones is 1. The van der Waals surface area contributed by atoms with E-state index in [9.17, 15) is 4.79 Å². The SMILES string of the molecule is O=C(c1ccccc1)c1ccc(N(C2=CCCC=C2)c2ccccc2)cc1. The van der Waals surface area contributed by atoms with Crippen LogP contribution in [0.2, 0.25) is 0 Å². The van der Waals surface area contributed by atoms with Gasteiger partial charge in [-0.25, -0.2) is 0 Å². The van der Waals surface area contributed by atoms with Crippen LogP contribution in [0.25, 0.3) is 0 Å². The molecule has 1 aliphatic rings. The predicted octanol–water partition coefficient (Wildman–Crippen LogP) is 6.29. The Labute approximate surface area is 160 Å². The molecule has 3 aromatic rings. The fourth-order valence-electron chi connectivity index (χ4n) is 3.31. The number of rotatable bonds is 5. The predicted molar refractivity (Wildman–Crippen MR) is 111 cm³/mol. The molecule has 0 aliphatic heterocycles. The lowest BCUT2D eigenvalue weighted by Crippen LogP contribution is -2.16. The van der Waals surface area contributed by atoms with Gasteiger partial charge >= 0.3 is 0 Å². The largest absolute Gasteiger partial charge is 0.311 e. The van der Waals surface area contributed by atoms with Crippen molar-refractivity contribution < 1.29 is 4.79 Å². The molecule has 0 atom stereocenters. The van der Waals surface area contributed by atoms with Crippen molar-refractivity contribution in [1.82, 2.24) is 0 Å². The molecule has 0 aromatic heterocycles. The second-order valence-corrected chi connectivity index (χ2v) is 6.52. The highest BCUT2D eigenvalue weighted by molar-refractivity contribution is 6.09. The van der Waals surface area contributed by atoms with Crippen LogP contribution in [0, 0.1) is 0 Å². The van der Waals surface area contributed by atoms with Gasteiger partial charge in [-0.15, -0.1) is 0 Å². The van der Waals surface area contributed by atoms with E-state index < -0.39 is 0 Å². The normalized spacial score (nSPS) is 13.1. The van der Waals surface area contributed by atoms with Crippen LogP contribution in [0.15, 0.2) is 109 Å². The number of hydrogen-bond donors (Lipinski definition) is 0. The first-order valence-electron chi connectivity index (χ1n) is 9.24. The van der Waals surface area contributed by atoms with Crippen LogP contribution >= 0.6 is 0 Å². The van der Waals surface area contributed by atoms with E-state index in [1.54, 1.807) is 0 Å². The standard InChI is InChI=1S/C25H21NO/c27-25(20-10-4-1-5-11-20)21-16-18-24(19-17-21)26(22-12-6-2-7-13-22)23-14-8-3-9-15-23/h1-2,4-8,10-19H,3,9H2. The van der Waals surface area contributed by atoms with Crippen molar-refractivity contribution in [3.05, 3.63) is 120 Å². The molecule has 132 valence electrons. The van der Waals surface area contributed by atoms with Crippen molar-refractivity contribution in [2.75, 3.05) is 4.90 Å². The first-order valence-corrected chi connectivity index (χ1v) is 9.24. The van der Waals surface area contributed by atoms with Gasteiger partial charge in [0, 0.05) is 28.2 Å². The number of anilines is 2. The minimum absolute atomic E-state index is 0.0465. The van der Waals surface area contributed by atoms with Crippen LogP contribution in [0.3, 0.4) is 0 Å². The molecule has 0 fully saturated rings. The summed E-state index contributed by atoms with van der Waals surface area (Å²) in [6.45, 7) is 0. The topological polar surface area (TPSA) is 20.3 Å². The Morgan fingerprint density at radius 2 is 1.26 bits per heavy atom. The Balaban J connectivity index is 1.68. The number of allylic oxidation sites excluding steroid dienone is 3. The molecule has 0 unspecified atom stereocenters. The number of carbonyl (C=O) groups excluding carboxylic acids is 1. The minimum atomic E-state index is 0.0465. The number of benzene rings is 3. The third-order valence-corrected chi connectivity index (χ3v) is 4.67. The first kappa shape index (κ1) is 17.0. The third-order valence-electron chi connectivity index (χ3n) is 4.67. The molecule has 0 amide bonds. The van der Waals surface area contributed by atoms with Crippen molar-refractivity contribution in [3.8, 4) is 0 Å². The van der Waals surface area contributed by atoms with Gasteiger partial charge in [0.2, 0.25) is 0 Å². The zero-order valence-corrected chi connectivity index (χ0v) is 15.1. The molecule has 3 aromatic carbocycles. The van der Waals surface area contributed by atoms with Gasteiger partial charge in [-0.1, -0.05) is 60.7 Å². The average molecular weight is 351 g/mol. The second kappa shape index (κ2) is 7.88. The summed E-state index contributed by atoms with van der Waals surface area (Å²) in [4.78, 5) is 14.9. The quantitative estimate of drug-likeness (QED) is 0.503. The second-order valence-electron chi connectivity index (χ2n) is 6.52. The Morgan fingerprint density at radius 1 is 0.667 bits per heavy atom. The summed E-state index contributed by atoms with van der Waals surface area (Å²) in [7, 11) is 0. The Morgan fingerprint density at radius 3 is 1.89 bits per heavy atom. The summed E-state index contributed by atoms with van der Waals surface area (Å²) < 4.78 is 0. The first-order chi connectivity index (χ1) is 13.3. The van der Waals surface area contributed by atoms with Crippen LogP contribution in [0.4, 0.5) is 11.4 Å². The van der Waals surface area contributed by atoms with E-state index >= 15 is 0 Å². The lowest BCUT2D eigenvalue weighted by molar-refractivity contribution is 0.103. The highest BCUT2D eigenvalue weighted by Crippen LogP contribution is 2.32. The molecule has 0 heterocycles. The molecule has 27 heavy (non-hydrogen) atoms. The summed E-state index contributed by atoms with van der Waals surface area (Å²) in [5.41, 5.74) is 4.73. The molecule has 0 N–H and O–H groups in total. The molecule has 0 saturated heterocycles. The van der Waals surface area contributed by atoms with E-state index in [1.165, 1.54) is 0 Å². The van der Waals surface area contributed by atoms with E-state index in [1.807, 2.05) is 72.8 Å².